The van der Waals surface area contributed by atoms with Crippen LogP contribution in [0.4, 0.5) is 0 Å². The number of fused-ring (bicyclic) bond motifs is 5. The van der Waals surface area contributed by atoms with Gasteiger partial charge in [0.25, 0.3) is 0 Å². The molecule has 0 radical (unpaired) electrons. The van der Waals surface area contributed by atoms with Crippen molar-refractivity contribution in [1.82, 2.24) is 44.8 Å². The summed E-state index contributed by atoms with van der Waals surface area (Å²) in [5.41, 5.74) is 4.76. The topological polar surface area (TPSA) is 99.6 Å². The summed E-state index contributed by atoms with van der Waals surface area (Å²) in [5, 5.41) is 18.4. The maximum absolute atomic E-state index is 4.73. The fourth-order valence-corrected chi connectivity index (χ4v) is 4.84. The first-order valence-electron chi connectivity index (χ1n) is 9.39. The third kappa shape index (κ3) is 2.65. The van der Waals surface area contributed by atoms with Gasteiger partial charge in [-0.2, -0.15) is 4.80 Å². The van der Waals surface area contributed by atoms with E-state index in [4.69, 9.17) is 4.98 Å². The van der Waals surface area contributed by atoms with E-state index in [9.17, 15) is 0 Å². The van der Waals surface area contributed by atoms with Gasteiger partial charge in [0.1, 0.15) is 22.4 Å². The second-order valence-electron chi connectivity index (χ2n) is 7.09. The van der Waals surface area contributed by atoms with E-state index in [-0.39, 0.29) is 0 Å². The van der Waals surface area contributed by atoms with Crippen LogP contribution in [0.25, 0.3) is 37.5 Å². The van der Waals surface area contributed by atoms with Gasteiger partial charge in [0, 0.05) is 16.6 Å². The zero-order chi connectivity index (χ0) is 20.2. The van der Waals surface area contributed by atoms with Crippen molar-refractivity contribution in [2.45, 2.75) is 20.4 Å². The van der Waals surface area contributed by atoms with Crippen LogP contribution >= 0.6 is 11.3 Å². The first-order chi connectivity index (χ1) is 14.7. The molecular formula is C20H15N9S. The number of benzene rings is 1. The molecule has 6 rings (SSSR count). The van der Waals surface area contributed by atoms with Crippen LogP contribution < -0.4 is 0 Å². The Morgan fingerprint density at radius 2 is 1.90 bits per heavy atom. The molecule has 1 aromatic carbocycles. The second-order valence-corrected chi connectivity index (χ2v) is 8.09. The quantitative estimate of drug-likeness (QED) is 0.439. The monoisotopic (exact) mass is 413 g/mol. The van der Waals surface area contributed by atoms with Crippen LogP contribution in [-0.2, 0) is 6.54 Å². The van der Waals surface area contributed by atoms with Crippen LogP contribution in [-0.4, -0.2) is 44.8 Å². The summed E-state index contributed by atoms with van der Waals surface area (Å²) in [7, 11) is 0. The SMILES string of the molecule is Cc1cc(C)c2c(n1)sc1c2ncn2nc(Cn3nnc(-c4ccccc4)n3)nc12. The molecule has 0 bridgehead atoms. The van der Waals surface area contributed by atoms with Gasteiger partial charge < -0.3 is 0 Å². The molecule has 0 saturated carbocycles. The normalized spacial score (nSPS) is 11.8. The lowest BCUT2D eigenvalue weighted by molar-refractivity contribution is 0.554. The number of nitrogens with zero attached hydrogens (tertiary/aromatic N) is 9. The maximum atomic E-state index is 4.73. The zero-order valence-electron chi connectivity index (χ0n) is 16.2. The van der Waals surface area contributed by atoms with Gasteiger partial charge in [0.2, 0.25) is 5.82 Å². The highest BCUT2D eigenvalue weighted by Gasteiger charge is 2.17. The van der Waals surface area contributed by atoms with Gasteiger partial charge in [-0.15, -0.1) is 26.6 Å². The molecule has 5 heterocycles. The number of tetrazole rings is 1. The summed E-state index contributed by atoms with van der Waals surface area (Å²) in [6, 6.07) is 11.8. The van der Waals surface area contributed by atoms with Crippen LogP contribution in [0.2, 0.25) is 0 Å². The smallest absolute Gasteiger partial charge is 0.204 e. The molecule has 0 aliphatic carbocycles. The molecule has 0 amide bonds. The van der Waals surface area contributed by atoms with Gasteiger partial charge >= 0.3 is 0 Å². The lowest BCUT2D eigenvalue weighted by Gasteiger charge is -1.98. The van der Waals surface area contributed by atoms with Gasteiger partial charge in [0.05, 0.1) is 5.52 Å². The van der Waals surface area contributed by atoms with Crippen molar-refractivity contribution < 1.29 is 0 Å². The molecule has 146 valence electrons. The lowest BCUT2D eigenvalue weighted by atomic mass is 10.1. The van der Waals surface area contributed by atoms with Gasteiger partial charge in [-0.1, -0.05) is 30.3 Å². The molecule has 0 N–H and O–H groups in total. The molecule has 0 aliphatic heterocycles. The molecule has 0 aliphatic rings. The second kappa shape index (κ2) is 6.36. The van der Waals surface area contributed by atoms with Crippen molar-refractivity contribution in [3.8, 4) is 11.4 Å². The summed E-state index contributed by atoms with van der Waals surface area (Å²) in [6.45, 7) is 4.42. The van der Waals surface area contributed by atoms with Gasteiger partial charge in [-0.3, -0.25) is 0 Å². The highest BCUT2D eigenvalue weighted by molar-refractivity contribution is 7.26. The first kappa shape index (κ1) is 17.1. The van der Waals surface area contributed by atoms with E-state index in [0.29, 0.717) is 18.2 Å². The Morgan fingerprint density at radius 1 is 1.03 bits per heavy atom. The van der Waals surface area contributed by atoms with Crippen molar-refractivity contribution >= 4 is 37.4 Å². The van der Waals surface area contributed by atoms with Crippen LogP contribution in [0, 0.1) is 13.8 Å². The number of pyridine rings is 1. The summed E-state index contributed by atoms with van der Waals surface area (Å²) < 4.78 is 2.67. The van der Waals surface area contributed by atoms with Crippen LogP contribution in [0.5, 0.6) is 0 Å². The Hall–Kier alpha value is -3.79. The minimum Gasteiger partial charge on any atom is -0.242 e. The average molecular weight is 413 g/mol. The number of thiophene rings is 1. The molecule has 0 unspecified atom stereocenters. The molecule has 10 heteroatoms. The minimum absolute atomic E-state index is 0.324. The Balaban J connectivity index is 1.42. The number of aryl methyl sites for hydroxylation is 2. The fraction of sp³-hybridized carbons (Fsp3) is 0.150. The largest absolute Gasteiger partial charge is 0.242 e. The van der Waals surface area contributed by atoms with Crippen molar-refractivity contribution in [2.75, 3.05) is 0 Å². The van der Waals surface area contributed by atoms with Crippen LogP contribution in [0.3, 0.4) is 0 Å². The Morgan fingerprint density at radius 3 is 2.77 bits per heavy atom. The number of hydrogen-bond acceptors (Lipinski definition) is 8. The van der Waals surface area contributed by atoms with E-state index < -0.39 is 0 Å². The number of aromatic nitrogens is 9. The molecule has 0 saturated heterocycles. The predicted molar refractivity (Wildman–Crippen MR) is 113 cm³/mol. The highest BCUT2D eigenvalue weighted by atomic mass is 32.1. The van der Waals surface area contributed by atoms with Crippen molar-refractivity contribution in [2.24, 2.45) is 0 Å². The number of hydrogen-bond donors (Lipinski definition) is 0. The average Bonchev–Trinajstić information content (AvgIpc) is 3.44. The Labute approximate surface area is 174 Å². The third-order valence-corrected chi connectivity index (χ3v) is 5.97. The lowest BCUT2D eigenvalue weighted by Crippen LogP contribution is -2.05. The molecule has 0 fully saturated rings. The van der Waals surface area contributed by atoms with Gasteiger partial charge in [-0.25, -0.2) is 19.5 Å². The summed E-state index contributed by atoms with van der Waals surface area (Å²) >= 11 is 1.59. The molecule has 0 spiro atoms. The zero-order valence-corrected chi connectivity index (χ0v) is 17.0. The highest BCUT2D eigenvalue weighted by Crippen LogP contribution is 2.35. The van der Waals surface area contributed by atoms with Crippen molar-refractivity contribution in [1.29, 1.82) is 0 Å². The first-order valence-corrected chi connectivity index (χ1v) is 10.2. The van der Waals surface area contributed by atoms with E-state index in [1.165, 1.54) is 10.4 Å². The van der Waals surface area contributed by atoms with E-state index >= 15 is 0 Å². The van der Waals surface area contributed by atoms with E-state index in [2.05, 4.69) is 43.5 Å². The fourth-order valence-electron chi connectivity index (χ4n) is 3.62. The standard InChI is InChI=1S/C20H15N9S/c1-11-8-12(2)22-20-15(11)16-17(30-20)19-23-14(25-28(19)10-21-16)9-29-26-18(24-27-29)13-6-4-3-5-7-13/h3-8,10H,9H2,1-2H3. The molecule has 5 aromatic heterocycles. The van der Waals surface area contributed by atoms with Crippen LogP contribution in [0.15, 0.2) is 42.7 Å². The molecule has 6 aromatic rings. The predicted octanol–water partition coefficient (Wildman–Crippen LogP) is 3.21. The van der Waals surface area contributed by atoms with E-state index in [0.717, 1.165) is 37.3 Å². The van der Waals surface area contributed by atoms with Gasteiger partial charge in [-0.05, 0) is 30.7 Å². The third-order valence-electron chi connectivity index (χ3n) is 4.90. The van der Waals surface area contributed by atoms with Gasteiger partial charge in [0.15, 0.2) is 11.5 Å². The molecular weight excluding hydrogens is 398 g/mol. The summed E-state index contributed by atoms with van der Waals surface area (Å²) in [6.07, 6.45) is 1.70. The summed E-state index contributed by atoms with van der Waals surface area (Å²) in [4.78, 5) is 16.5. The molecule has 0 atom stereocenters. The number of rotatable bonds is 3. The minimum atomic E-state index is 0.324. The van der Waals surface area contributed by atoms with Crippen molar-refractivity contribution in [3.63, 3.8) is 0 Å². The Bertz CT molecular complexity index is 1550. The molecule has 9 nitrogen and oxygen atoms in total. The maximum Gasteiger partial charge on any atom is 0.204 e. The van der Waals surface area contributed by atoms with E-state index in [1.54, 1.807) is 22.2 Å². The van der Waals surface area contributed by atoms with E-state index in [1.807, 2.05) is 37.3 Å². The Kier molecular flexibility index (Phi) is 3.62. The molecule has 30 heavy (non-hydrogen) atoms. The van der Waals surface area contributed by atoms with Crippen molar-refractivity contribution in [3.05, 3.63) is 59.8 Å². The summed E-state index contributed by atoms with van der Waals surface area (Å²) in [5.74, 6) is 1.17. The van der Waals surface area contributed by atoms with Crippen LogP contribution in [0.1, 0.15) is 17.1 Å².